The van der Waals surface area contributed by atoms with Crippen LogP contribution in [0.5, 0.6) is 0 Å². The van der Waals surface area contributed by atoms with E-state index in [2.05, 4.69) is 60.7 Å². The summed E-state index contributed by atoms with van der Waals surface area (Å²) >= 11 is 1.21. The fraction of sp³-hybridized carbons (Fsp3) is 0.0667. The Morgan fingerprint density at radius 1 is 0.833 bits per heavy atom. The number of rotatable bonds is 1. The second-order valence-electron chi connectivity index (χ2n) is 4.05. The molecule has 1 aliphatic carbocycles. The molecule has 0 radical (unpaired) electrons. The summed E-state index contributed by atoms with van der Waals surface area (Å²) in [6.45, 7) is 0. The third-order valence-electron chi connectivity index (χ3n) is 3.00. The first-order valence-corrected chi connectivity index (χ1v) is 7.51. The van der Waals surface area contributed by atoms with Gasteiger partial charge in [0.05, 0.1) is 0 Å². The molecule has 0 aliphatic heterocycles. The van der Waals surface area contributed by atoms with Crippen LogP contribution in [0.2, 0.25) is 0 Å². The summed E-state index contributed by atoms with van der Waals surface area (Å²) in [5.41, 5.74) is 5.53. The van der Waals surface area contributed by atoms with Crippen LogP contribution in [0.25, 0.3) is 17.2 Å². The summed E-state index contributed by atoms with van der Waals surface area (Å²) in [4.78, 5) is 0. The van der Waals surface area contributed by atoms with Gasteiger partial charge in [-0.05, 0) is 0 Å². The Balaban J connectivity index is 0.000000810. The molecule has 3 heteroatoms. The van der Waals surface area contributed by atoms with Gasteiger partial charge in [0.2, 0.25) is 0 Å². The maximum atomic E-state index is 2.33. The van der Waals surface area contributed by atoms with Crippen LogP contribution in [-0.2, 0) is 24.4 Å². The monoisotopic (exact) mass is 443 g/mol. The summed E-state index contributed by atoms with van der Waals surface area (Å²) in [6, 6.07) is 17.4. The molecule has 0 heterocycles. The Morgan fingerprint density at radius 2 is 1.56 bits per heavy atom. The normalized spacial score (nSPS) is 15.4. The van der Waals surface area contributed by atoms with Gasteiger partial charge in [-0.2, -0.15) is 0 Å². The molecule has 0 saturated carbocycles. The second-order valence-corrected chi connectivity index (χ2v) is 6.28. The van der Waals surface area contributed by atoms with Gasteiger partial charge in [-0.25, -0.2) is 0 Å². The minimum absolute atomic E-state index is 0. The molecule has 2 aromatic carbocycles. The molecule has 0 aromatic heterocycles. The second kappa shape index (κ2) is 6.70. The van der Waals surface area contributed by atoms with Gasteiger partial charge < -0.3 is 0 Å². The molecule has 2 aromatic rings. The molecule has 0 amide bonds. The Kier molecular flexibility index (Phi) is 5.84. The van der Waals surface area contributed by atoms with Gasteiger partial charge in [0.25, 0.3) is 0 Å². The molecule has 0 spiro atoms. The first-order valence-electron chi connectivity index (χ1n) is 5.43. The average Bonchev–Trinajstić information content (AvgIpc) is 2.72. The van der Waals surface area contributed by atoms with Crippen molar-refractivity contribution in [1.29, 1.82) is 0 Å². The van der Waals surface area contributed by atoms with E-state index in [-0.39, 0.29) is 24.8 Å². The molecule has 0 bridgehead atoms. The standard InChI is InChI=1S/C15H11.2ClH.Hf/c1-2-5-12(6-3-1)15-10-9-13-7-4-8-14(13)11-15;;;/h1-11H;2*1H;. The van der Waals surface area contributed by atoms with Crippen molar-refractivity contribution < 1.29 is 24.4 Å². The first-order chi connectivity index (χ1) is 7.84. The topological polar surface area (TPSA) is 0 Å². The Labute approximate surface area is 135 Å². The molecule has 91 valence electrons. The predicted molar refractivity (Wildman–Crippen MR) is 78.1 cm³/mol. The van der Waals surface area contributed by atoms with Crippen molar-refractivity contribution in [3.05, 3.63) is 65.7 Å². The molecular formula is C15H13Cl2Hf. The third-order valence-corrected chi connectivity index (χ3v) is 4.81. The quantitative estimate of drug-likeness (QED) is 0.556. The summed E-state index contributed by atoms with van der Waals surface area (Å²) in [5.74, 6) is 0. The zero-order valence-corrected chi connectivity index (χ0v) is 14.9. The van der Waals surface area contributed by atoms with Gasteiger partial charge in [-0.15, -0.1) is 24.8 Å². The van der Waals surface area contributed by atoms with E-state index in [4.69, 9.17) is 0 Å². The van der Waals surface area contributed by atoms with Crippen LogP contribution in [0.15, 0.2) is 54.6 Å². The number of hydrogen-bond acceptors (Lipinski definition) is 0. The van der Waals surface area contributed by atoms with E-state index in [0.29, 0.717) is 3.67 Å². The van der Waals surface area contributed by atoms with Crippen LogP contribution < -0.4 is 0 Å². The van der Waals surface area contributed by atoms with E-state index in [0.717, 1.165) is 0 Å². The third kappa shape index (κ3) is 2.96. The molecule has 18 heavy (non-hydrogen) atoms. The zero-order chi connectivity index (χ0) is 11.0. The predicted octanol–water partition coefficient (Wildman–Crippen LogP) is 4.81. The van der Waals surface area contributed by atoms with E-state index in [1.54, 1.807) is 0 Å². The molecular weight excluding hydrogens is 430 g/mol. The van der Waals surface area contributed by atoms with Crippen molar-refractivity contribution in [3.63, 3.8) is 0 Å². The van der Waals surface area contributed by atoms with Gasteiger partial charge in [0.15, 0.2) is 0 Å². The summed E-state index contributed by atoms with van der Waals surface area (Å²) < 4.78 is 0.708. The molecule has 1 unspecified atom stereocenters. The van der Waals surface area contributed by atoms with Gasteiger partial charge in [-0.1, -0.05) is 0 Å². The van der Waals surface area contributed by atoms with Crippen molar-refractivity contribution in [3.8, 4) is 11.1 Å². The van der Waals surface area contributed by atoms with E-state index in [1.165, 1.54) is 46.6 Å². The SMILES string of the molecule is Cl.Cl.[Hf][CH]1C=Cc2cc(-c3ccccc3)ccc21. The van der Waals surface area contributed by atoms with Crippen molar-refractivity contribution in [1.82, 2.24) is 0 Å². The first kappa shape index (κ1) is 15.7. The minimum atomic E-state index is 0. The molecule has 0 fully saturated rings. The van der Waals surface area contributed by atoms with Crippen molar-refractivity contribution in [2.45, 2.75) is 3.67 Å². The number of fused-ring (bicyclic) bond motifs is 1. The van der Waals surface area contributed by atoms with Gasteiger partial charge in [0, 0.05) is 0 Å². The molecule has 3 rings (SSSR count). The number of hydrogen-bond donors (Lipinski definition) is 0. The van der Waals surface area contributed by atoms with Crippen LogP contribution in [0, 0.1) is 0 Å². The fourth-order valence-electron chi connectivity index (χ4n) is 2.12. The average molecular weight is 443 g/mol. The van der Waals surface area contributed by atoms with Crippen LogP contribution in [0.4, 0.5) is 0 Å². The Bertz CT molecular complexity index is 550. The number of halogens is 2. The van der Waals surface area contributed by atoms with Crippen molar-refractivity contribution in [2.24, 2.45) is 0 Å². The molecule has 0 nitrogen and oxygen atoms in total. The maximum absolute atomic E-state index is 2.33. The molecule has 0 N–H and O–H groups in total. The van der Waals surface area contributed by atoms with E-state index in [1.807, 2.05) is 0 Å². The summed E-state index contributed by atoms with van der Waals surface area (Å²) in [7, 11) is 0. The fourth-order valence-corrected chi connectivity index (χ4v) is 3.41. The van der Waals surface area contributed by atoms with E-state index < -0.39 is 0 Å². The molecule has 1 atom stereocenters. The summed E-state index contributed by atoms with van der Waals surface area (Å²) in [6.07, 6.45) is 4.59. The Morgan fingerprint density at radius 3 is 2.28 bits per heavy atom. The van der Waals surface area contributed by atoms with Gasteiger partial charge in [-0.3, -0.25) is 0 Å². The molecule has 1 aliphatic rings. The van der Waals surface area contributed by atoms with E-state index in [9.17, 15) is 0 Å². The number of allylic oxidation sites excluding steroid dienone is 1. The van der Waals surface area contributed by atoms with Crippen LogP contribution in [0.1, 0.15) is 14.8 Å². The van der Waals surface area contributed by atoms with E-state index >= 15 is 0 Å². The Hall–Kier alpha value is -0.370. The van der Waals surface area contributed by atoms with Crippen molar-refractivity contribution >= 4 is 30.9 Å². The van der Waals surface area contributed by atoms with Crippen LogP contribution >= 0.6 is 24.8 Å². The molecule has 0 saturated heterocycles. The zero-order valence-electron chi connectivity index (χ0n) is 9.67. The van der Waals surface area contributed by atoms with Crippen LogP contribution in [-0.4, -0.2) is 0 Å². The van der Waals surface area contributed by atoms with Gasteiger partial charge in [0.1, 0.15) is 0 Å². The van der Waals surface area contributed by atoms with Gasteiger partial charge >= 0.3 is 111 Å². The van der Waals surface area contributed by atoms with Crippen molar-refractivity contribution in [2.75, 3.05) is 0 Å². The number of benzene rings is 2. The summed E-state index contributed by atoms with van der Waals surface area (Å²) in [5, 5.41) is 0. The van der Waals surface area contributed by atoms with Crippen LogP contribution in [0.3, 0.4) is 0 Å².